The number of nitrogens with zero attached hydrogens (tertiary/aromatic N) is 4. The molecule has 2 aliphatic rings. The van der Waals surface area contributed by atoms with Gasteiger partial charge in [0.1, 0.15) is 12.1 Å². The molecule has 4 amide bonds. The fourth-order valence-corrected chi connectivity index (χ4v) is 3.94. The highest BCUT2D eigenvalue weighted by Crippen LogP contribution is 2.17. The molecule has 0 aliphatic carbocycles. The van der Waals surface area contributed by atoms with E-state index >= 15 is 0 Å². The first-order valence-electron chi connectivity index (χ1n) is 10.5. The van der Waals surface area contributed by atoms with Crippen LogP contribution >= 0.6 is 0 Å². The van der Waals surface area contributed by atoms with Gasteiger partial charge in [0, 0.05) is 44.4 Å². The minimum Gasteiger partial charge on any atom is -0.354 e. The molecule has 166 valence electrons. The van der Waals surface area contributed by atoms with E-state index in [-0.39, 0.29) is 37.4 Å². The standard InChI is InChI=1S/C22H24N6O4/c29-19-17(6-3-9-25-19)26-20(30)18-14-27(21(31)15-4-1-7-23-12-15)10-11-28(18)22(32)16-5-2-8-24-13-16/h1-2,4-5,7-8,12-13,17-18H,3,6,9-11,14H2,(H,25,29)(H,26,30)/t17-,18+/m0/s1. The van der Waals surface area contributed by atoms with Crippen molar-refractivity contribution in [3.63, 3.8) is 0 Å². The first-order valence-corrected chi connectivity index (χ1v) is 10.5. The normalized spacial score (nSPS) is 20.9. The maximum absolute atomic E-state index is 13.2. The number of carbonyl (C=O) groups excluding carboxylic acids is 4. The predicted octanol–water partition coefficient (Wildman–Crippen LogP) is -0.162. The molecule has 0 unspecified atom stereocenters. The van der Waals surface area contributed by atoms with Crippen molar-refractivity contribution in [2.75, 3.05) is 26.2 Å². The van der Waals surface area contributed by atoms with E-state index in [2.05, 4.69) is 20.6 Å². The zero-order valence-electron chi connectivity index (χ0n) is 17.4. The summed E-state index contributed by atoms with van der Waals surface area (Å²) >= 11 is 0. The number of hydrogen-bond donors (Lipinski definition) is 2. The lowest BCUT2D eigenvalue weighted by molar-refractivity contribution is -0.133. The predicted molar refractivity (Wildman–Crippen MR) is 113 cm³/mol. The Morgan fingerprint density at radius 1 is 1.00 bits per heavy atom. The van der Waals surface area contributed by atoms with E-state index in [0.29, 0.717) is 24.1 Å². The molecule has 4 rings (SSSR count). The fourth-order valence-electron chi connectivity index (χ4n) is 3.94. The van der Waals surface area contributed by atoms with E-state index in [0.717, 1.165) is 6.42 Å². The summed E-state index contributed by atoms with van der Waals surface area (Å²) in [5, 5.41) is 5.50. The number of carbonyl (C=O) groups is 4. The molecule has 2 N–H and O–H groups in total. The van der Waals surface area contributed by atoms with Gasteiger partial charge in [-0.3, -0.25) is 29.1 Å². The molecule has 2 aromatic rings. The zero-order valence-corrected chi connectivity index (χ0v) is 17.4. The van der Waals surface area contributed by atoms with Crippen molar-refractivity contribution in [3.05, 3.63) is 60.2 Å². The highest BCUT2D eigenvalue weighted by atomic mass is 16.2. The van der Waals surface area contributed by atoms with Gasteiger partial charge in [-0.25, -0.2) is 0 Å². The summed E-state index contributed by atoms with van der Waals surface area (Å²) in [5.74, 6) is -1.32. The molecular formula is C22H24N6O4. The van der Waals surface area contributed by atoms with Crippen molar-refractivity contribution >= 4 is 23.6 Å². The summed E-state index contributed by atoms with van der Waals surface area (Å²) < 4.78 is 0. The Labute approximate surface area is 185 Å². The minimum atomic E-state index is -0.938. The van der Waals surface area contributed by atoms with Crippen LogP contribution in [0.15, 0.2) is 49.1 Å². The van der Waals surface area contributed by atoms with Gasteiger partial charge in [-0.1, -0.05) is 0 Å². The molecule has 2 aromatic heterocycles. The van der Waals surface area contributed by atoms with E-state index in [1.807, 2.05) is 0 Å². The maximum atomic E-state index is 13.2. The van der Waals surface area contributed by atoms with Crippen LogP contribution < -0.4 is 10.6 Å². The van der Waals surface area contributed by atoms with Crippen LogP contribution in [0.4, 0.5) is 0 Å². The Morgan fingerprint density at radius 2 is 1.69 bits per heavy atom. The molecule has 0 spiro atoms. The van der Waals surface area contributed by atoms with E-state index in [9.17, 15) is 19.2 Å². The molecule has 0 radical (unpaired) electrons. The van der Waals surface area contributed by atoms with Crippen molar-refractivity contribution < 1.29 is 19.2 Å². The molecule has 0 bridgehead atoms. The first-order chi connectivity index (χ1) is 15.5. The molecular weight excluding hydrogens is 412 g/mol. The van der Waals surface area contributed by atoms with Crippen molar-refractivity contribution in [3.8, 4) is 0 Å². The third kappa shape index (κ3) is 4.58. The summed E-state index contributed by atoms with van der Waals surface area (Å²) in [6.45, 7) is 1.04. The Balaban J connectivity index is 1.56. The molecule has 0 aromatic carbocycles. The van der Waals surface area contributed by atoms with Crippen LogP contribution in [0.25, 0.3) is 0 Å². The SMILES string of the molecule is O=C1NCCC[C@@H]1NC(=O)[C@H]1CN(C(=O)c2cccnc2)CCN1C(=O)c1cccnc1. The number of rotatable bonds is 4. The highest BCUT2D eigenvalue weighted by molar-refractivity contribution is 6.00. The molecule has 10 nitrogen and oxygen atoms in total. The number of amides is 4. The van der Waals surface area contributed by atoms with Crippen LogP contribution in [-0.2, 0) is 9.59 Å². The number of piperazine rings is 1. The monoisotopic (exact) mass is 436 g/mol. The van der Waals surface area contributed by atoms with Gasteiger partial charge in [-0.2, -0.15) is 0 Å². The largest absolute Gasteiger partial charge is 0.354 e. The number of pyridine rings is 2. The van der Waals surface area contributed by atoms with E-state index in [1.54, 1.807) is 36.7 Å². The van der Waals surface area contributed by atoms with Crippen LogP contribution in [0.2, 0.25) is 0 Å². The van der Waals surface area contributed by atoms with Gasteiger partial charge < -0.3 is 20.4 Å². The third-order valence-corrected chi connectivity index (χ3v) is 5.65. The molecule has 2 saturated heterocycles. The molecule has 2 atom stereocenters. The summed E-state index contributed by atoms with van der Waals surface area (Å²) in [6, 6.07) is 5.01. The number of hydrogen-bond acceptors (Lipinski definition) is 6. The van der Waals surface area contributed by atoms with Crippen LogP contribution in [-0.4, -0.2) is 81.7 Å². The smallest absolute Gasteiger partial charge is 0.256 e. The van der Waals surface area contributed by atoms with Crippen molar-refractivity contribution in [2.24, 2.45) is 0 Å². The molecule has 32 heavy (non-hydrogen) atoms. The van der Waals surface area contributed by atoms with Gasteiger partial charge in [0.25, 0.3) is 11.8 Å². The van der Waals surface area contributed by atoms with Crippen LogP contribution in [0, 0.1) is 0 Å². The Hall–Kier alpha value is -3.82. The molecule has 4 heterocycles. The van der Waals surface area contributed by atoms with Gasteiger partial charge in [-0.15, -0.1) is 0 Å². The second-order valence-electron chi connectivity index (χ2n) is 7.74. The highest BCUT2D eigenvalue weighted by Gasteiger charge is 2.39. The Kier molecular flexibility index (Phi) is 6.39. The molecule has 10 heteroatoms. The molecule has 2 aliphatic heterocycles. The Bertz CT molecular complexity index is 1000. The number of aromatic nitrogens is 2. The Morgan fingerprint density at radius 3 is 2.31 bits per heavy atom. The van der Waals surface area contributed by atoms with Gasteiger partial charge in [-0.05, 0) is 37.1 Å². The van der Waals surface area contributed by atoms with E-state index in [4.69, 9.17) is 0 Å². The summed E-state index contributed by atoms with van der Waals surface area (Å²) in [7, 11) is 0. The lowest BCUT2D eigenvalue weighted by atomic mass is 10.0. The first kappa shape index (κ1) is 21.4. The number of piperidine rings is 1. The minimum absolute atomic E-state index is 0.0138. The summed E-state index contributed by atoms with van der Waals surface area (Å²) in [5.41, 5.74) is 0.762. The van der Waals surface area contributed by atoms with Crippen molar-refractivity contribution in [2.45, 2.75) is 24.9 Å². The number of nitrogens with one attached hydrogen (secondary N) is 2. The topological polar surface area (TPSA) is 125 Å². The average molecular weight is 436 g/mol. The average Bonchev–Trinajstić information content (AvgIpc) is 2.85. The fraction of sp³-hybridized carbons (Fsp3) is 0.364. The van der Waals surface area contributed by atoms with Gasteiger partial charge in [0.15, 0.2) is 0 Å². The van der Waals surface area contributed by atoms with Crippen LogP contribution in [0.3, 0.4) is 0 Å². The van der Waals surface area contributed by atoms with Crippen LogP contribution in [0.1, 0.15) is 33.6 Å². The second kappa shape index (κ2) is 9.54. The third-order valence-electron chi connectivity index (χ3n) is 5.65. The quantitative estimate of drug-likeness (QED) is 0.686. The lowest BCUT2D eigenvalue weighted by Crippen LogP contribution is -2.63. The zero-order chi connectivity index (χ0) is 22.5. The van der Waals surface area contributed by atoms with E-state index < -0.39 is 18.0 Å². The van der Waals surface area contributed by atoms with Crippen LogP contribution in [0.5, 0.6) is 0 Å². The van der Waals surface area contributed by atoms with Crippen molar-refractivity contribution in [1.29, 1.82) is 0 Å². The van der Waals surface area contributed by atoms with Gasteiger partial charge in [0.2, 0.25) is 11.8 Å². The van der Waals surface area contributed by atoms with Gasteiger partial charge >= 0.3 is 0 Å². The van der Waals surface area contributed by atoms with Gasteiger partial charge in [0.05, 0.1) is 17.7 Å². The second-order valence-corrected chi connectivity index (χ2v) is 7.74. The lowest BCUT2D eigenvalue weighted by Gasteiger charge is -2.41. The molecule has 2 fully saturated rings. The van der Waals surface area contributed by atoms with Crippen molar-refractivity contribution in [1.82, 2.24) is 30.4 Å². The molecule has 0 saturated carbocycles. The summed E-state index contributed by atoms with van der Waals surface area (Å²) in [4.78, 5) is 62.3. The van der Waals surface area contributed by atoms with E-state index in [1.165, 1.54) is 22.2 Å². The summed E-state index contributed by atoms with van der Waals surface area (Å²) in [6.07, 6.45) is 7.33. The maximum Gasteiger partial charge on any atom is 0.256 e.